The van der Waals surface area contributed by atoms with E-state index in [1.165, 1.54) is 0 Å². The van der Waals surface area contributed by atoms with Crippen LogP contribution in [0, 0.1) is 12.3 Å². The second-order valence-electron chi connectivity index (χ2n) is 14.2. The molecule has 0 aliphatic carbocycles. The molecule has 11 nitrogen and oxygen atoms in total. The van der Waals surface area contributed by atoms with Gasteiger partial charge in [0.25, 0.3) is 0 Å². The molecule has 0 radical (unpaired) electrons. The number of hydrogen-bond donors (Lipinski definition) is 2. The fourth-order valence-electron chi connectivity index (χ4n) is 5.55. The minimum absolute atomic E-state index is 0.0125. The van der Waals surface area contributed by atoms with Crippen molar-refractivity contribution in [1.29, 1.82) is 0 Å². The molecule has 4 aromatic rings. The van der Waals surface area contributed by atoms with E-state index >= 15 is 0 Å². The predicted molar refractivity (Wildman–Crippen MR) is 185 cm³/mol. The van der Waals surface area contributed by atoms with Gasteiger partial charge in [0.1, 0.15) is 11.4 Å². The number of piperidine rings is 1. The monoisotopic (exact) mass is 660 g/mol. The molecule has 1 fully saturated rings. The third kappa shape index (κ3) is 8.88. The summed E-state index contributed by atoms with van der Waals surface area (Å²) in [6.07, 6.45) is 4.70. The van der Waals surface area contributed by atoms with Crippen molar-refractivity contribution in [1.82, 2.24) is 19.9 Å². The SMILES string of the molecule is Cc1ccc2c(NS(=O)(=O)CC(C)(C)C)cccc2c1Oc1ncccc1-c1ccnc(N[C@H]2CCCN(C(=O)OC(C)(C)C)C2)n1. The highest BCUT2D eigenvalue weighted by atomic mass is 32.2. The van der Waals surface area contributed by atoms with Crippen molar-refractivity contribution in [3.05, 3.63) is 66.5 Å². The van der Waals surface area contributed by atoms with Crippen LogP contribution in [0.1, 0.15) is 59.9 Å². The van der Waals surface area contributed by atoms with Crippen LogP contribution in [0.5, 0.6) is 11.6 Å². The molecule has 1 aliphatic heterocycles. The summed E-state index contributed by atoms with van der Waals surface area (Å²) in [5.74, 6) is 1.33. The summed E-state index contributed by atoms with van der Waals surface area (Å²) in [6.45, 7) is 14.3. The van der Waals surface area contributed by atoms with Crippen molar-refractivity contribution in [3.8, 4) is 22.9 Å². The number of nitrogens with one attached hydrogen (secondary N) is 2. The predicted octanol–water partition coefficient (Wildman–Crippen LogP) is 7.39. The summed E-state index contributed by atoms with van der Waals surface area (Å²) < 4.78 is 40.8. The van der Waals surface area contributed by atoms with Gasteiger partial charge in [-0.3, -0.25) is 4.72 Å². The molecule has 12 heteroatoms. The maximum Gasteiger partial charge on any atom is 0.410 e. The number of carbonyl (C=O) groups is 1. The number of amides is 1. The summed E-state index contributed by atoms with van der Waals surface area (Å²) in [7, 11) is -3.59. The first-order valence-corrected chi connectivity index (χ1v) is 17.5. The molecule has 2 aromatic carbocycles. The highest BCUT2D eigenvalue weighted by Crippen LogP contribution is 2.39. The minimum Gasteiger partial charge on any atom is -0.444 e. The number of rotatable bonds is 8. The quantitative estimate of drug-likeness (QED) is 0.198. The molecular weight excluding hydrogens is 616 g/mol. The van der Waals surface area contributed by atoms with Crippen molar-refractivity contribution in [2.45, 2.75) is 73.0 Å². The summed E-state index contributed by atoms with van der Waals surface area (Å²) >= 11 is 0. The molecule has 0 spiro atoms. The molecule has 2 N–H and O–H groups in total. The van der Waals surface area contributed by atoms with E-state index in [1.807, 2.05) is 78.8 Å². The topological polar surface area (TPSA) is 136 Å². The third-order valence-electron chi connectivity index (χ3n) is 7.41. The lowest BCUT2D eigenvalue weighted by Gasteiger charge is -2.34. The number of hydrogen-bond acceptors (Lipinski definition) is 9. The Labute approximate surface area is 277 Å². The molecule has 5 rings (SSSR count). The van der Waals surface area contributed by atoms with Crippen LogP contribution < -0.4 is 14.8 Å². The van der Waals surface area contributed by atoms with Gasteiger partial charge >= 0.3 is 6.09 Å². The van der Waals surface area contributed by atoms with Gasteiger partial charge in [-0.25, -0.2) is 28.2 Å². The van der Waals surface area contributed by atoms with E-state index in [9.17, 15) is 13.2 Å². The van der Waals surface area contributed by atoms with E-state index < -0.39 is 21.0 Å². The van der Waals surface area contributed by atoms with Crippen LogP contribution in [0.3, 0.4) is 0 Å². The number of aromatic nitrogens is 3. The van der Waals surface area contributed by atoms with Crippen LogP contribution >= 0.6 is 0 Å². The Morgan fingerprint density at radius 3 is 2.51 bits per heavy atom. The molecule has 47 heavy (non-hydrogen) atoms. The van der Waals surface area contributed by atoms with Crippen molar-refractivity contribution in [2.75, 3.05) is 28.9 Å². The van der Waals surface area contributed by atoms with E-state index in [0.717, 1.165) is 23.8 Å². The first kappa shape index (κ1) is 33.9. The van der Waals surface area contributed by atoms with E-state index in [2.05, 4.69) is 20.0 Å². The molecule has 0 saturated carbocycles. The molecule has 0 unspecified atom stereocenters. The number of likely N-dealkylation sites (tertiary alicyclic amines) is 1. The lowest BCUT2D eigenvalue weighted by molar-refractivity contribution is 0.0206. The molecule has 1 aliphatic rings. The minimum atomic E-state index is -3.59. The fraction of sp³-hybridized carbons (Fsp3) is 0.429. The first-order chi connectivity index (χ1) is 22.1. The van der Waals surface area contributed by atoms with Crippen molar-refractivity contribution in [2.24, 2.45) is 5.41 Å². The molecule has 1 amide bonds. The summed E-state index contributed by atoms with van der Waals surface area (Å²) in [4.78, 5) is 28.2. The van der Waals surface area contributed by atoms with Gasteiger partial charge in [-0.05, 0) is 75.8 Å². The molecule has 2 aromatic heterocycles. The second kappa shape index (κ2) is 13.3. The molecule has 3 heterocycles. The Morgan fingerprint density at radius 1 is 0.979 bits per heavy atom. The lowest BCUT2D eigenvalue weighted by atomic mass is 10.0. The number of benzene rings is 2. The summed E-state index contributed by atoms with van der Waals surface area (Å²) in [6, 6.07) is 14.7. The van der Waals surface area contributed by atoms with E-state index in [1.54, 1.807) is 35.5 Å². The number of pyridine rings is 1. The van der Waals surface area contributed by atoms with Gasteiger partial charge in [0.15, 0.2) is 0 Å². The smallest absolute Gasteiger partial charge is 0.410 e. The summed E-state index contributed by atoms with van der Waals surface area (Å²) in [5, 5.41) is 4.85. The number of ether oxygens (including phenoxy) is 2. The largest absolute Gasteiger partial charge is 0.444 e. The number of nitrogens with zero attached hydrogens (tertiary/aromatic N) is 4. The molecule has 250 valence electrons. The first-order valence-electron chi connectivity index (χ1n) is 15.8. The molecule has 1 atom stereocenters. The number of aryl methyl sites for hydroxylation is 1. The van der Waals surface area contributed by atoms with Gasteiger partial charge in [-0.1, -0.05) is 45.0 Å². The van der Waals surface area contributed by atoms with Gasteiger partial charge in [-0.15, -0.1) is 0 Å². The van der Waals surface area contributed by atoms with Gasteiger partial charge in [0.05, 0.1) is 22.7 Å². The average molecular weight is 661 g/mol. The van der Waals surface area contributed by atoms with Gasteiger partial charge in [0.2, 0.25) is 21.9 Å². The normalized spacial score (nSPS) is 15.7. The Morgan fingerprint density at radius 2 is 1.77 bits per heavy atom. The zero-order valence-corrected chi connectivity index (χ0v) is 28.9. The number of anilines is 2. The van der Waals surface area contributed by atoms with Crippen LogP contribution in [0.4, 0.5) is 16.4 Å². The van der Waals surface area contributed by atoms with Crippen molar-refractivity contribution < 1.29 is 22.7 Å². The Balaban J connectivity index is 1.39. The Hall–Kier alpha value is -4.45. The number of carbonyl (C=O) groups excluding carboxylic acids is 1. The maximum absolute atomic E-state index is 13.0. The summed E-state index contributed by atoms with van der Waals surface area (Å²) in [5.41, 5.74) is 1.66. The Kier molecular flexibility index (Phi) is 9.63. The maximum atomic E-state index is 13.0. The van der Waals surface area contributed by atoms with Crippen LogP contribution in [-0.2, 0) is 14.8 Å². The average Bonchev–Trinajstić information content (AvgIpc) is 2.97. The zero-order chi connectivity index (χ0) is 34.0. The van der Waals surface area contributed by atoms with Crippen molar-refractivity contribution in [3.63, 3.8) is 0 Å². The standard InChI is InChI=1S/C35H44N6O5S/c1-23-15-16-25-26(12-8-14-29(25)40-47(43,44)22-34(2,3)4)30(23)45-31-27(13-9-18-36-31)28-17-19-37-32(39-28)38-24-11-10-20-41(21-24)33(42)46-35(5,6)7/h8-9,12-19,24,40H,10-11,20-22H2,1-7H3,(H,37,38,39)/t24-/m0/s1. The van der Waals surface area contributed by atoms with Crippen LogP contribution in [-0.4, -0.2) is 64.8 Å². The highest BCUT2D eigenvalue weighted by Gasteiger charge is 2.28. The van der Waals surface area contributed by atoms with Crippen LogP contribution in [0.15, 0.2) is 60.9 Å². The number of sulfonamides is 1. The van der Waals surface area contributed by atoms with Crippen LogP contribution in [0.25, 0.3) is 22.0 Å². The molecule has 1 saturated heterocycles. The van der Waals surface area contributed by atoms with Crippen LogP contribution in [0.2, 0.25) is 0 Å². The third-order valence-corrected chi connectivity index (χ3v) is 9.18. The fourth-order valence-corrected chi connectivity index (χ4v) is 7.27. The Bertz CT molecular complexity index is 1870. The van der Waals surface area contributed by atoms with Crippen molar-refractivity contribution >= 4 is 38.5 Å². The molecule has 0 bridgehead atoms. The number of fused-ring (bicyclic) bond motifs is 1. The second-order valence-corrected chi connectivity index (χ2v) is 15.9. The van der Waals surface area contributed by atoms with E-state index in [0.29, 0.717) is 53.0 Å². The lowest BCUT2D eigenvalue weighted by Crippen LogP contribution is -2.47. The highest BCUT2D eigenvalue weighted by molar-refractivity contribution is 7.92. The zero-order valence-electron chi connectivity index (χ0n) is 28.1. The van der Waals surface area contributed by atoms with Gasteiger partial charge in [-0.2, -0.15) is 0 Å². The van der Waals surface area contributed by atoms with E-state index in [-0.39, 0.29) is 17.9 Å². The van der Waals surface area contributed by atoms with Gasteiger partial charge in [0, 0.05) is 42.3 Å². The van der Waals surface area contributed by atoms with Gasteiger partial charge < -0.3 is 19.7 Å². The molecular formula is C35H44N6O5S. The van der Waals surface area contributed by atoms with E-state index in [4.69, 9.17) is 14.5 Å².